The van der Waals surface area contributed by atoms with Crippen molar-refractivity contribution in [2.24, 2.45) is 11.7 Å². The van der Waals surface area contributed by atoms with E-state index in [9.17, 15) is 4.79 Å². The number of carbonyl (C=O) groups excluding carboxylic acids is 1. The molecular weight excluding hydrogens is 264 g/mol. The van der Waals surface area contributed by atoms with E-state index in [1.54, 1.807) is 7.11 Å². The minimum atomic E-state index is -0.0509. The third kappa shape index (κ3) is 4.20. The molecule has 0 aromatic heterocycles. The number of benzene rings is 1. The highest BCUT2D eigenvalue weighted by atomic mass is 35.5. The van der Waals surface area contributed by atoms with Gasteiger partial charge in [-0.05, 0) is 30.4 Å². The molecule has 2 rings (SSSR count). The van der Waals surface area contributed by atoms with Crippen molar-refractivity contribution in [3.63, 3.8) is 0 Å². The molecule has 4 nitrogen and oxygen atoms in total. The van der Waals surface area contributed by atoms with Crippen molar-refractivity contribution in [1.29, 1.82) is 0 Å². The first-order chi connectivity index (χ1) is 8.76. The molecule has 1 amide bonds. The molecule has 1 fully saturated rings. The monoisotopic (exact) mass is 284 g/mol. The highest BCUT2D eigenvalue weighted by molar-refractivity contribution is 5.95. The number of nitrogens with two attached hydrogens (primary N) is 1. The van der Waals surface area contributed by atoms with E-state index in [0.717, 1.165) is 5.56 Å². The first-order valence-corrected chi connectivity index (χ1v) is 6.34. The molecule has 0 saturated heterocycles. The van der Waals surface area contributed by atoms with Gasteiger partial charge in [-0.15, -0.1) is 12.4 Å². The number of carbonyl (C=O) groups is 1. The van der Waals surface area contributed by atoms with E-state index >= 15 is 0 Å². The normalized spacial score (nSPS) is 15.5. The van der Waals surface area contributed by atoms with Crippen molar-refractivity contribution in [3.8, 4) is 0 Å². The number of hydrogen-bond acceptors (Lipinski definition) is 3. The van der Waals surface area contributed by atoms with Gasteiger partial charge in [0.25, 0.3) is 5.91 Å². The highest BCUT2D eigenvalue weighted by Crippen LogP contribution is 2.32. The molecular formula is C14H21ClN2O2. The topological polar surface area (TPSA) is 64.3 Å². The Labute approximate surface area is 120 Å². The van der Waals surface area contributed by atoms with Crippen LogP contribution in [0.4, 0.5) is 0 Å². The van der Waals surface area contributed by atoms with Gasteiger partial charge in [0.1, 0.15) is 0 Å². The lowest BCUT2D eigenvalue weighted by atomic mass is 10.1. The molecule has 1 unspecified atom stereocenters. The lowest BCUT2D eigenvalue weighted by molar-refractivity contribution is 0.0928. The summed E-state index contributed by atoms with van der Waals surface area (Å²) >= 11 is 0. The number of halogens is 1. The summed E-state index contributed by atoms with van der Waals surface area (Å²) < 4.78 is 5.11. The number of amides is 1. The second-order valence-corrected chi connectivity index (χ2v) is 4.74. The van der Waals surface area contributed by atoms with E-state index in [1.165, 1.54) is 12.8 Å². The van der Waals surface area contributed by atoms with E-state index in [2.05, 4.69) is 5.32 Å². The molecule has 0 bridgehead atoms. The first kappa shape index (κ1) is 16.0. The van der Waals surface area contributed by atoms with Gasteiger partial charge in [-0.2, -0.15) is 0 Å². The number of nitrogens with one attached hydrogen (secondary N) is 1. The van der Waals surface area contributed by atoms with Gasteiger partial charge in [0.15, 0.2) is 0 Å². The largest absolute Gasteiger partial charge is 0.380 e. The Morgan fingerprint density at radius 3 is 2.74 bits per heavy atom. The Kier molecular flexibility index (Phi) is 6.28. The summed E-state index contributed by atoms with van der Waals surface area (Å²) in [5.41, 5.74) is 7.28. The third-order valence-corrected chi connectivity index (χ3v) is 3.32. The molecule has 1 saturated carbocycles. The maximum absolute atomic E-state index is 12.2. The predicted octanol–water partition coefficient (Wildman–Crippen LogP) is 1.72. The van der Waals surface area contributed by atoms with Crippen LogP contribution in [-0.4, -0.2) is 25.6 Å². The molecule has 0 aliphatic heterocycles. The predicted molar refractivity (Wildman–Crippen MR) is 77.4 cm³/mol. The van der Waals surface area contributed by atoms with E-state index < -0.39 is 0 Å². The van der Waals surface area contributed by atoms with Crippen molar-refractivity contribution >= 4 is 18.3 Å². The summed E-state index contributed by atoms with van der Waals surface area (Å²) in [4.78, 5) is 12.2. The van der Waals surface area contributed by atoms with Gasteiger partial charge in [-0.3, -0.25) is 4.79 Å². The Bertz CT molecular complexity index is 422. The fourth-order valence-corrected chi connectivity index (χ4v) is 2.14. The van der Waals surface area contributed by atoms with Crippen LogP contribution >= 0.6 is 12.4 Å². The zero-order valence-electron chi connectivity index (χ0n) is 11.1. The Morgan fingerprint density at radius 2 is 2.16 bits per heavy atom. The van der Waals surface area contributed by atoms with Crippen LogP contribution in [0.5, 0.6) is 0 Å². The van der Waals surface area contributed by atoms with E-state index in [4.69, 9.17) is 10.5 Å². The van der Waals surface area contributed by atoms with Crippen LogP contribution in [0.3, 0.4) is 0 Å². The van der Waals surface area contributed by atoms with Crippen LogP contribution in [0.2, 0.25) is 0 Å². The Balaban J connectivity index is 0.00000180. The minimum absolute atomic E-state index is 0. The summed E-state index contributed by atoms with van der Waals surface area (Å²) in [6.07, 6.45) is 2.34. The average Bonchev–Trinajstić information content (AvgIpc) is 3.21. The fourth-order valence-electron chi connectivity index (χ4n) is 2.14. The van der Waals surface area contributed by atoms with E-state index in [-0.39, 0.29) is 24.4 Å². The van der Waals surface area contributed by atoms with Gasteiger partial charge in [-0.25, -0.2) is 0 Å². The average molecular weight is 285 g/mol. The first-order valence-electron chi connectivity index (χ1n) is 6.34. The minimum Gasteiger partial charge on any atom is -0.380 e. The molecule has 5 heteroatoms. The highest BCUT2D eigenvalue weighted by Gasteiger charge is 2.31. The standard InChI is InChI=1S/C14H20N2O2.ClH/c1-18-9-11-4-2-3-5-12(11)14(17)16-13(8-15)10-6-7-10;/h2-5,10,13H,6-9,15H2,1H3,(H,16,17);1H. The molecule has 1 aliphatic carbocycles. The van der Waals surface area contributed by atoms with Gasteiger partial charge < -0.3 is 15.8 Å². The van der Waals surface area contributed by atoms with Gasteiger partial charge in [-0.1, -0.05) is 18.2 Å². The van der Waals surface area contributed by atoms with Crippen LogP contribution in [0.15, 0.2) is 24.3 Å². The molecule has 106 valence electrons. The number of rotatable bonds is 6. The summed E-state index contributed by atoms with van der Waals surface area (Å²) in [6, 6.07) is 7.61. The maximum atomic E-state index is 12.2. The van der Waals surface area contributed by atoms with Crippen LogP contribution in [0.1, 0.15) is 28.8 Å². The molecule has 19 heavy (non-hydrogen) atoms. The lowest BCUT2D eigenvalue weighted by Crippen LogP contribution is -2.42. The molecule has 1 aliphatic rings. The van der Waals surface area contributed by atoms with Crippen LogP contribution in [0, 0.1) is 5.92 Å². The van der Waals surface area contributed by atoms with Crippen LogP contribution in [-0.2, 0) is 11.3 Å². The number of hydrogen-bond donors (Lipinski definition) is 2. The van der Waals surface area contributed by atoms with Gasteiger partial charge in [0, 0.05) is 25.3 Å². The van der Waals surface area contributed by atoms with Crippen LogP contribution in [0.25, 0.3) is 0 Å². The quantitative estimate of drug-likeness (QED) is 0.836. The smallest absolute Gasteiger partial charge is 0.251 e. The Morgan fingerprint density at radius 1 is 1.47 bits per heavy atom. The summed E-state index contributed by atoms with van der Waals surface area (Å²) in [6.45, 7) is 0.948. The lowest BCUT2D eigenvalue weighted by Gasteiger charge is -2.17. The second-order valence-electron chi connectivity index (χ2n) is 4.74. The Hall–Kier alpha value is -1.10. The summed E-state index contributed by atoms with van der Waals surface area (Å²) in [7, 11) is 1.63. The molecule has 0 heterocycles. The van der Waals surface area contributed by atoms with Crippen molar-refractivity contribution in [3.05, 3.63) is 35.4 Å². The molecule has 1 atom stereocenters. The zero-order chi connectivity index (χ0) is 13.0. The van der Waals surface area contributed by atoms with Gasteiger partial charge >= 0.3 is 0 Å². The molecule has 0 spiro atoms. The molecule has 0 radical (unpaired) electrons. The van der Waals surface area contributed by atoms with Crippen molar-refractivity contribution in [2.75, 3.05) is 13.7 Å². The van der Waals surface area contributed by atoms with E-state index in [1.807, 2.05) is 24.3 Å². The van der Waals surface area contributed by atoms with E-state index in [0.29, 0.717) is 24.6 Å². The fraction of sp³-hybridized carbons (Fsp3) is 0.500. The van der Waals surface area contributed by atoms with Crippen molar-refractivity contribution in [2.45, 2.75) is 25.5 Å². The van der Waals surface area contributed by atoms with Gasteiger partial charge in [0.05, 0.1) is 6.61 Å². The SMILES string of the molecule is COCc1ccccc1C(=O)NC(CN)C1CC1.Cl. The third-order valence-electron chi connectivity index (χ3n) is 3.32. The maximum Gasteiger partial charge on any atom is 0.251 e. The zero-order valence-corrected chi connectivity index (χ0v) is 11.9. The molecule has 1 aromatic carbocycles. The summed E-state index contributed by atoms with van der Waals surface area (Å²) in [5, 5.41) is 3.02. The summed E-state index contributed by atoms with van der Waals surface area (Å²) in [5.74, 6) is 0.513. The second kappa shape index (κ2) is 7.48. The number of methoxy groups -OCH3 is 1. The van der Waals surface area contributed by atoms with Gasteiger partial charge in [0.2, 0.25) is 0 Å². The van der Waals surface area contributed by atoms with Crippen molar-refractivity contribution < 1.29 is 9.53 Å². The number of ether oxygens (including phenoxy) is 1. The van der Waals surface area contributed by atoms with Crippen LogP contribution < -0.4 is 11.1 Å². The molecule has 1 aromatic rings. The van der Waals surface area contributed by atoms with Crippen molar-refractivity contribution in [1.82, 2.24) is 5.32 Å². The molecule has 3 N–H and O–H groups in total.